The molecule has 1 aliphatic rings. The number of rotatable bonds is 5. The van der Waals surface area contributed by atoms with Gasteiger partial charge in [-0.3, -0.25) is 0 Å². The van der Waals surface area contributed by atoms with Gasteiger partial charge in [0.1, 0.15) is 11.6 Å². The van der Waals surface area contributed by atoms with Crippen LogP contribution < -0.4 is 10.0 Å². The molecule has 0 radical (unpaired) electrons. The standard InChI is InChI=1S/C19H17F3N4O3S/c1-23-30(27,28)12-6-7-14(25-17-8-5-11(10-24-17)19(20,21)22)13(9-12)18-26-15-3-2-4-16(15)29-18/h5-10,23H,2-4H2,1H3,(H,24,25). The number of hydrogen-bond donors (Lipinski definition) is 2. The molecule has 0 amide bonds. The Kier molecular flexibility index (Phi) is 5.02. The highest BCUT2D eigenvalue weighted by molar-refractivity contribution is 7.89. The van der Waals surface area contributed by atoms with Crippen LogP contribution in [0, 0.1) is 0 Å². The number of fused-ring (bicyclic) bond motifs is 1. The van der Waals surface area contributed by atoms with Crippen molar-refractivity contribution in [3.05, 3.63) is 53.5 Å². The molecule has 4 rings (SSSR count). The van der Waals surface area contributed by atoms with Gasteiger partial charge in [0.15, 0.2) is 0 Å². The number of halogens is 3. The number of pyridine rings is 1. The zero-order chi connectivity index (χ0) is 21.5. The second-order valence-electron chi connectivity index (χ2n) is 6.71. The third-order valence-corrected chi connectivity index (χ3v) is 6.16. The van der Waals surface area contributed by atoms with Crippen LogP contribution in [0.3, 0.4) is 0 Å². The van der Waals surface area contributed by atoms with Crippen LogP contribution in [0.15, 0.2) is 45.8 Å². The van der Waals surface area contributed by atoms with E-state index in [1.165, 1.54) is 31.3 Å². The number of aryl methyl sites for hydroxylation is 2. The molecule has 0 spiro atoms. The predicted octanol–water partition coefficient (Wildman–Crippen LogP) is 3.90. The van der Waals surface area contributed by atoms with Gasteiger partial charge >= 0.3 is 6.18 Å². The molecule has 1 aromatic carbocycles. The van der Waals surface area contributed by atoms with Crippen LogP contribution in [0.1, 0.15) is 23.4 Å². The summed E-state index contributed by atoms with van der Waals surface area (Å²) in [7, 11) is -2.42. The maximum absolute atomic E-state index is 12.8. The van der Waals surface area contributed by atoms with Gasteiger partial charge in [-0.15, -0.1) is 0 Å². The molecule has 0 atom stereocenters. The van der Waals surface area contributed by atoms with Gasteiger partial charge in [-0.25, -0.2) is 23.1 Å². The van der Waals surface area contributed by atoms with Gasteiger partial charge in [-0.2, -0.15) is 13.2 Å². The summed E-state index contributed by atoms with van der Waals surface area (Å²) in [5, 5.41) is 2.92. The maximum atomic E-state index is 12.8. The lowest BCUT2D eigenvalue weighted by atomic mass is 10.1. The predicted molar refractivity (Wildman–Crippen MR) is 103 cm³/mol. The van der Waals surface area contributed by atoms with Gasteiger partial charge in [0.25, 0.3) is 0 Å². The number of hydrogen-bond acceptors (Lipinski definition) is 6. The van der Waals surface area contributed by atoms with Crippen molar-refractivity contribution >= 4 is 21.5 Å². The highest BCUT2D eigenvalue weighted by Gasteiger charge is 2.30. The van der Waals surface area contributed by atoms with Crippen molar-refractivity contribution in [1.29, 1.82) is 0 Å². The van der Waals surface area contributed by atoms with E-state index in [0.717, 1.165) is 43.0 Å². The van der Waals surface area contributed by atoms with Crippen molar-refractivity contribution in [2.75, 3.05) is 12.4 Å². The number of oxazole rings is 1. The molecule has 2 aromatic heterocycles. The molecule has 2 heterocycles. The van der Waals surface area contributed by atoms with Crippen LogP contribution in [0.4, 0.5) is 24.7 Å². The highest BCUT2D eigenvalue weighted by Crippen LogP contribution is 2.35. The van der Waals surface area contributed by atoms with E-state index in [4.69, 9.17) is 4.42 Å². The summed E-state index contributed by atoms with van der Waals surface area (Å²) >= 11 is 0. The number of sulfonamides is 1. The molecule has 11 heteroatoms. The fourth-order valence-corrected chi connectivity index (χ4v) is 3.93. The van der Waals surface area contributed by atoms with Gasteiger partial charge < -0.3 is 9.73 Å². The topological polar surface area (TPSA) is 97.1 Å². The summed E-state index contributed by atoms with van der Waals surface area (Å²) in [6, 6.07) is 6.38. The maximum Gasteiger partial charge on any atom is 0.417 e. The van der Waals surface area contributed by atoms with Gasteiger partial charge in [-0.1, -0.05) is 0 Å². The molecule has 1 aliphatic carbocycles. The molecule has 0 saturated carbocycles. The molecule has 30 heavy (non-hydrogen) atoms. The average Bonchev–Trinajstić information content (AvgIpc) is 3.30. The molecule has 2 N–H and O–H groups in total. The van der Waals surface area contributed by atoms with E-state index >= 15 is 0 Å². The van der Waals surface area contributed by atoms with Crippen molar-refractivity contribution in [3.63, 3.8) is 0 Å². The lowest BCUT2D eigenvalue weighted by Gasteiger charge is -2.13. The first kappa shape index (κ1) is 20.4. The molecule has 0 bridgehead atoms. The average molecular weight is 438 g/mol. The SMILES string of the molecule is CNS(=O)(=O)c1ccc(Nc2ccc(C(F)(F)F)cn2)c(-c2nc3c(o2)CCC3)c1. The van der Waals surface area contributed by atoms with Crippen molar-refractivity contribution in [2.45, 2.75) is 30.3 Å². The minimum Gasteiger partial charge on any atom is -0.441 e. The molecule has 158 valence electrons. The van der Waals surface area contributed by atoms with Gasteiger partial charge in [0.05, 0.1) is 27.4 Å². The number of aromatic nitrogens is 2. The van der Waals surface area contributed by atoms with Crippen molar-refractivity contribution in [3.8, 4) is 11.5 Å². The Morgan fingerprint density at radius 2 is 1.93 bits per heavy atom. The van der Waals surface area contributed by atoms with E-state index in [9.17, 15) is 21.6 Å². The summed E-state index contributed by atoms with van der Waals surface area (Å²) in [6.07, 6.45) is -1.30. The van der Waals surface area contributed by atoms with Crippen LogP contribution in [0.25, 0.3) is 11.5 Å². The molecule has 0 aliphatic heterocycles. The third kappa shape index (κ3) is 3.90. The number of nitrogens with zero attached hydrogens (tertiary/aromatic N) is 2. The Morgan fingerprint density at radius 1 is 1.13 bits per heavy atom. The lowest BCUT2D eigenvalue weighted by molar-refractivity contribution is -0.137. The van der Waals surface area contributed by atoms with E-state index in [0.29, 0.717) is 11.3 Å². The van der Waals surface area contributed by atoms with Crippen LogP contribution >= 0.6 is 0 Å². The molecule has 0 saturated heterocycles. The normalized spacial score (nSPS) is 14.0. The summed E-state index contributed by atoms with van der Waals surface area (Å²) in [6.45, 7) is 0. The van der Waals surface area contributed by atoms with Crippen molar-refractivity contribution in [2.24, 2.45) is 0 Å². The molecule has 3 aromatic rings. The Bertz CT molecular complexity index is 1170. The van der Waals surface area contributed by atoms with Gasteiger partial charge in [-0.05, 0) is 50.2 Å². The Balaban J connectivity index is 1.75. The van der Waals surface area contributed by atoms with Gasteiger partial charge in [0, 0.05) is 12.6 Å². The highest BCUT2D eigenvalue weighted by atomic mass is 32.2. The van der Waals surface area contributed by atoms with E-state index in [1.54, 1.807) is 0 Å². The number of alkyl halides is 3. The van der Waals surface area contributed by atoms with E-state index in [-0.39, 0.29) is 16.6 Å². The number of nitrogens with one attached hydrogen (secondary N) is 2. The fraction of sp³-hybridized carbons (Fsp3) is 0.263. The second-order valence-corrected chi connectivity index (χ2v) is 8.60. The van der Waals surface area contributed by atoms with E-state index in [2.05, 4.69) is 20.0 Å². The second kappa shape index (κ2) is 7.40. The van der Waals surface area contributed by atoms with Crippen LogP contribution in [-0.2, 0) is 29.0 Å². The lowest BCUT2D eigenvalue weighted by Crippen LogP contribution is -2.18. The van der Waals surface area contributed by atoms with Crippen molar-refractivity contribution in [1.82, 2.24) is 14.7 Å². The first-order chi connectivity index (χ1) is 14.2. The third-order valence-electron chi connectivity index (χ3n) is 4.75. The molecular formula is C19H17F3N4O3S. The van der Waals surface area contributed by atoms with Crippen LogP contribution in [0.2, 0.25) is 0 Å². The quantitative estimate of drug-likeness (QED) is 0.627. The van der Waals surface area contributed by atoms with E-state index < -0.39 is 21.8 Å². The smallest absolute Gasteiger partial charge is 0.417 e. The Labute approximate surface area is 170 Å². The summed E-state index contributed by atoms with van der Waals surface area (Å²) in [4.78, 5) is 8.27. The Hall–Kier alpha value is -2.92. The molecule has 0 unspecified atom stereocenters. The summed E-state index contributed by atoms with van der Waals surface area (Å²) < 4.78 is 70.8. The van der Waals surface area contributed by atoms with Gasteiger partial charge in [0.2, 0.25) is 15.9 Å². The first-order valence-corrected chi connectivity index (χ1v) is 10.5. The largest absolute Gasteiger partial charge is 0.441 e. The molecule has 7 nitrogen and oxygen atoms in total. The van der Waals surface area contributed by atoms with Crippen molar-refractivity contribution < 1.29 is 26.0 Å². The fourth-order valence-electron chi connectivity index (χ4n) is 3.17. The zero-order valence-electron chi connectivity index (χ0n) is 15.7. The summed E-state index contributed by atoms with van der Waals surface area (Å²) in [5.41, 5.74) is 0.720. The van der Waals surface area contributed by atoms with Crippen LogP contribution in [-0.4, -0.2) is 25.4 Å². The molecule has 0 fully saturated rings. The monoisotopic (exact) mass is 438 g/mol. The molecular weight excluding hydrogens is 421 g/mol. The minimum absolute atomic E-state index is 0.00397. The number of anilines is 2. The minimum atomic E-state index is -4.49. The van der Waals surface area contributed by atoms with E-state index in [1.807, 2.05) is 0 Å². The summed E-state index contributed by atoms with van der Waals surface area (Å²) in [5.74, 6) is 1.15. The zero-order valence-corrected chi connectivity index (χ0v) is 16.6. The van der Waals surface area contributed by atoms with Crippen LogP contribution in [0.5, 0.6) is 0 Å². The first-order valence-electron chi connectivity index (χ1n) is 9.04. The Morgan fingerprint density at radius 3 is 2.57 bits per heavy atom. The number of benzene rings is 1.